The Morgan fingerprint density at radius 2 is 1.89 bits per heavy atom. The van der Waals surface area contributed by atoms with Crippen LogP contribution in [0, 0.1) is 24.0 Å². The van der Waals surface area contributed by atoms with E-state index >= 15 is 0 Å². The Labute approximate surface area is 159 Å². The number of anilines is 1. The number of ketones is 1. The number of benzene rings is 2. The molecule has 1 aromatic heterocycles. The average molecular weight is 383 g/mol. The Hall–Kier alpha value is -3.13. The van der Waals surface area contributed by atoms with Crippen LogP contribution < -0.4 is 5.32 Å². The lowest BCUT2D eigenvalue weighted by Crippen LogP contribution is -2.13. The first-order valence-corrected chi connectivity index (χ1v) is 9.10. The number of nitrogens with zero attached hydrogens (tertiary/aromatic N) is 2. The van der Waals surface area contributed by atoms with Crippen molar-refractivity contribution in [2.75, 3.05) is 5.32 Å². The summed E-state index contributed by atoms with van der Waals surface area (Å²) in [6.45, 7) is 3.92. The second-order valence-electron chi connectivity index (χ2n) is 6.20. The van der Waals surface area contributed by atoms with Crippen molar-refractivity contribution in [2.24, 2.45) is 0 Å². The first kappa shape index (κ1) is 18.7. The number of nitro groups is 1. The van der Waals surface area contributed by atoms with Crippen molar-refractivity contribution >= 4 is 44.1 Å². The molecule has 3 rings (SSSR count). The van der Waals surface area contributed by atoms with Crippen LogP contribution in [0.1, 0.15) is 34.3 Å². The number of nitrogens with one attached hydrogen (secondary N) is 1. The van der Waals surface area contributed by atoms with Crippen LogP contribution in [0.25, 0.3) is 10.2 Å². The van der Waals surface area contributed by atoms with Gasteiger partial charge in [0.2, 0.25) is 5.91 Å². The van der Waals surface area contributed by atoms with Gasteiger partial charge in [-0.05, 0) is 37.1 Å². The number of hydrogen-bond donors (Lipinski definition) is 1. The van der Waals surface area contributed by atoms with Gasteiger partial charge >= 0.3 is 0 Å². The number of fused-ring (bicyclic) bond motifs is 1. The van der Waals surface area contributed by atoms with E-state index in [4.69, 9.17) is 0 Å². The van der Waals surface area contributed by atoms with Crippen molar-refractivity contribution in [1.82, 2.24) is 4.98 Å². The van der Waals surface area contributed by atoms with E-state index in [9.17, 15) is 19.7 Å². The van der Waals surface area contributed by atoms with Gasteiger partial charge < -0.3 is 5.32 Å². The third-order valence-electron chi connectivity index (χ3n) is 4.24. The molecule has 0 saturated heterocycles. The van der Waals surface area contributed by atoms with Crippen molar-refractivity contribution in [3.05, 3.63) is 63.2 Å². The predicted molar refractivity (Wildman–Crippen MR) is 104 cm³/mol. The van der Waals surface area contributed by atoms with Crippen LogP contribution in [-0.4, -0.2) is 21.6 Å². The largest absolute Gasteiger partial charge is 0.302 e. The smallest absolute Gasteiger partial charge is 0.270 e. The SMILES string of the molecule is Cc1ccc(C(=O)CCC(=O)Nc2nc3ccc([N+](=O)[O-])cc3s2)cc1C. The molecular formula is C19H17N3O4S. The fraction of sp³-hybridized carbons (Fsp3) is 0.211. The van der Waals surface area contributed by atoms with E-state index in [2.05, 4.69) is 10.3 Å². The fourth-order valence-corrected chi connectivity index (χ4v) is 3.46. The molecule has 0 aliphatic carbocycles. The lowest BCUT2D eigenvalue weighted by molar-refractivity contribution is -0.384. The Bertz CT molecular complexity index is 1060. The number of thiazole rings is 1. The van der Waals surface area contributed by atoms with Gasteiger partial charge in [-0.25, -0.2) is 4.98 Å². The molecule has 7 nitrogen and oxygen atoms in total. The van der Waals surface area contributed by atoms with Crippen molar-refractivity contribution in [3.63, 3.8) is 0 Å². The van der Waals surface area contributed by atoms with Gasteiger partial charge in [-0.3, -0.25) is 19.7 Å². The summed E-state index contributed by atoms with van der Waals surface area (Å²) < 4.78 is 0.616. The predicted octanol–water partition coefficient (Wildman–Crippen LogP) is 4.42. The maximum Gasteiger partial charge on any atom is 0.270 e. The number of aryl methyl sites for hydroxylation is 2. The van der Waals surface area contributed by atoms with Crippen LogP contribution in [0.4, 0.5) is 10.8 Å². The number of hydrogen-bond acceptors (Lipinski definition) is 6. The Morgan fingerprint density at radius 3 is 2.59 bits per heavy atom. The van der Waals surface area contributed by atoms with Crippen LogP contribution >= 0.6 is 11.3 Å². The number of nitro benzene ring substituents is 1. The van der Waals surface area contributed by atoms with E-state index in [-0.39, 0.29) is 30.2 Å². The summed E-state index contributed by atoms with van der Waals surface area (Å²) in [5, 5.41) is 13.8. The molecule has 0 aliphatic rings. The minimum Gasteiger partial charge on any atom is -0.302 e. The maximum atomic E-state index is 12.3. The number of rotatable bonds is 6. The molecule has 0 radical (unpaired) electrons. The second-order valence-corrected chi connectivity index (χ2v) is 7.23. The van der Waals surface area contributed by atoms with E-state index < -0.39 is 4.92 Å². The van der Waals surface area contributed by atoms with E-state index in [0.29, 0.717) is 20.9 Å². The molecule has 8 heteroatoms. The first-order valence-electron chi connectivity index (χ1n) is 8.29. The molecule has 0 atom stereocenters. The standard InChI is InChI=1S/C19H17N3O4S/c1-11-3-4-13(9-12(11)2)16(23)7-8-18(24)21-19-20-15-6-5-14(22(25)26)10-17(15)27-19/h3-6,9-10H,7-8H2,1-2H3,(H,20,21,24). The zero-order valence-electron chi connectivity index (χ0n) is 14.8. The quantitative estimate of drug-likeness (QED) is 0.385. The first-order chi connectivity index (χ1) is 12.8. The van der Waals surface area contributed by atoms with E-state index in [1.165, 1.54) is 12.1 Å². The lowest BCUT2D eigenvalue weighted by atomic mass is 10.0. The highest BCUT2D eigenvalue weighted by atomic mass is 32.1. The molecule has 0 fully saturated rings. The highest BCUT2D eigenvalue weighted by molar-refractivity contribution is 7.22. The fourth-order valence-electron chi connectivity index (χ4n) is 2.55. The van der Waals surface area contributed by atoms with Crippen LogP contribution in [0.2, 0.25) is 0 Å². The van der Waals surface area contributed by atoms with Gasteiger partial charge in [0.1, 0.15) is 0 Å². The molecule has 1 amide bonds. The van der Waals surface area contributed by atoms with Crippen molar-refractivity contribution < 1.29 is 14.5 Å². The zero-order chi connectivity index (χ0) is 19.6. The summed E-state index contributed by atoms with van der Waals surface area (Å²) >= 11 is 1.16. The van der Waals surface area contributed by atoms with Gasteiger partial charge in [-0.2, -0.15) is 0 Å². The summed E-state index contributed by atoms with van der Waals surface area (Å²) in [6.07, 6.45) is 0.145. The molecule has 3 aromatic rings. The molecule has 138 valence electrons. The highest BCUT2D eigenvalue weighted by Gasteiger charge is 2.14. The van der Waals surface area contributed by atoms with Gasteiger partial charge in [0.15, 0.2) is 10.9 Å². The van der Waals surface area contributed by atoms with E-state index in [1.54, 1.807) is 12.1 Å². The number of aromatic nitrogens is 1. The molecule has 1 N–H and O–H groups in total. The number of Topliss-reactive ketones (excluding diaryl/α,β-unsaturated/α-hetero) is 1. The molecule has 27 heavy (non-hydrogen) atoms. The molecule has 1 heterocycles. The molecule has 0 aliphatic heterocycles. The van der Waals surface area contributed by atoms with Crippen molar-refractivity contribution in [3.8, 4) is 0 Å². The summed E-state index contributed by atoms with van der Waals surface area (Å²) in [7, 11) is 0. The third kappa shape index (κ3) is 4.35. The summed E-state index contributed by atoms with van der Waals surface area (Å²) in [6, 6.07) is 9.83. The van der Waals surface area contributed by atoms with Crippen molar-refractivity contribution in [2.45, 2.75) is 26.7 Å². The van der Waals surface area contributed by atoms with E-state index in [1.807, 2.05) is 26.0 Å². The molecule has 0 spiro atoms. The monoisotopic (exact) mass is 383 g/mol. The molecular weight excluding hydrogens is 366 g/mol. The average Bonchev–Trinajstić information content (AvgIpc) is 3.03. The number of amides is 1. The van der Waals surface area contributed by atoms with Gasteiger partial charge in [0.25, 0.3) is 5.69 Å². The topological polar surface area (TPSA) is 102 Å². The molecule has 2 aromatic carbocycles. The summed E-state index contributed by atoms with van der Waals surface area (Å²) in [4.78, 5) is 39.0. The number of carbonyl (C=O) groups excluding carboxylic acids is 2. The van der Waals surface area contributed by atoms with Gasteiger partial charge in [-0.15, -0.1) is 0 Å². The van der Waals surface area contributed by atoms with Crippen LogP contribution in [0.3, 0.4) is 0 Å². The number of carbonyl (C=O) groups is 2. The van der Waals surface area contributed by atoms with Crippen LogP contribution in [0.5, 0.6) is 0 Å². The Balaban J connectivity index is 1.62. The third-order valence-corrected chi connectivity index (χ3v) is 5.17. The Morgan fingerprint density at radius 1 is 1.11 bits per heavy atom. The normalized spacial score (nSPS) is 10.7. The van der Waals surface area contributed by atoms with Gasteiger partial charge in [0.05, 0.1) is 15.1 Å². The van der Waals surface area contributed by atoms with Gasteiger partial charge in [0, 0.05) is 30.5 Å². The minimum atomic E-state index is -0.476. The highest BCUT2D eigenvalue weighted by Crippen LogP contribution is 2.29. The van der Waals surface area contributed by atoms with Gasteiger partial charge in [-0.1, -0.05) is 23.5 Å². The van der Waals surface area contributed by atoms with Crippen LogP contribution in [-0.2, 0) is 4.79 Å². The molecule has 0 saturated carbocycles. The summed E-state index contributed by atoms with van der Waals surface area (Å²) in [5.41, 5.74) is 3.29. The molecule has 0 unspecified atom stereocenters. The van der Waals surface area contributed by atoms with E-state index in [0.717, 1.165) is 22.5 Å². The maximum absolute atomic E-state index is 12.3. The second kappa shape index (κ2) is 7.63. The Kier molecular flexibility index (Phi) is 5.27. The summed E-state index contributed by atoms with van der Waals surface area (Å²) in [5.74, 6) is -0.408. The lowest BCUT2D eigenvalue weighted by Gasteiger charge is -2.05. The van der Waals surface area contributed by atoms with Crippen molar-refractivity contribution in [1.29, 1.82) is 0 Å². The van der Waals surface area contributed by atoms with Crippen LogP contribution in [0.15, 0.2) is 36.4 Å². The number of non-ortho nitro benzene ring substituents is 1. The molecule has 0 bridgehead atoms. The zero-order valence-corrected chi connectivity index (χ0v) is 15.6. The minimum absolute atomic E-state index is 0.0250.